The summed E-state index contributed by atoms with van der Waals surface area (Å²) in [5.74, 6) is 0.233. The Balaban J connectivity index is 2.20. The number of hydrogen-bond acceptors (Lipinski definition) is 1. The van der Waals surface area contributed by atoms with Crippen molar-refractivity contribution in [3.05, 3.63) is 46.0 Å². The molecule has 0 saturated carbocycles. The van der Waals surface area contributed by atoms with Crippen LogP contribution in [0.2, 0.25) is 0 Å². The molecule has 4 rings (SSSR count). The molecule has 2 aliphatic carbocycles. The largest absolute Gasteiger partial charge is 0.295 e. The summed E-state index contributed by atoms with van der Waals surface area (Å²) in [5.41, 5.74) is 6.69. The zero-order valence-corrected chi connectivity index (χ0v) is 11.4. The van der Waals surface area contributed by atoms with Crippen LogP contribution in [0.4, 0.5) is 0 Å². The fraction of sp³-hybridized carbons (Fsp3) is 0.389. The van der Waals surface area contributed by atoms with E-state index in [4.69, 9.17) is 0 Å². The molecule has 0 amide bonds. The van der Waals surface area contributed by atoms with Crippen LogP contribution in [-0.2, 0) is 25.7 Å². The minimum absolute atomic E-state index is 0.233. The van der Waals surface area contributed by atoms with Crippen molar-refractivity contribution in [1.29, 1.82) is 0 Å². The highest BCUT2D eigenvalue weighted by Gasteiger charge is 2.23. The molecule has 0 radical (unpaired) electrons. The highest BCUT2D eigenvalue weighted by atomic mass is 16.1. The van der Waals surface area contributed by atoms with Crippen molar-refractivity contribution in [3.8, 4) is 0 Å². The molecular weight excluding hydrogens is 232 g/mol. The first-order chi connectivity index (χ1) is 9.25. The molecule has 0 saturated heterocycles. The molecule has 0 aliphatic heterocycles. The molecule has 0 atom stereocenters. The highest BCUT2D eigenvalue weighted by Crippen LogP contribution is 2.39. The first-order valence-corrected chi connectivity index (χ1v) is 7.36. The number of Topliss-reactive ketones (excluding diaryl/α,β-unsaturated/α-hetero) is 1. The SMILES string of the molecule is CC(=O)c1cc2c3c(ccc4c3c1CCC4)CCC2. The van der Waals surface area contributed by atoms with Gasteiger partial charge in [0.25, 0.3) is 0 Å². The van der Waals surface area contributed by atoms with Crippen LogP contribution >= 0.6 is 0 Å². The molecule has 96 valence electrons. The van der Waals surface area contributed by atoms with Crippen LogP contribution in [0.1, 0.15) is 52.4 Å². The molecule has 2 aromatic carbocycles. The molecular formula is C18H18O. The fourth-order valence-electron chi connectivity index (χ4n) is 3.98. The van der Waals surface area contributed by atoms with Gasteiger partial charge in [-0.1, -0.05) is 12.1 Å². The molecule has 0 aromatic heterocycles. The minimum Gasteiger partial charge on any atom is -0.295 e. The third-order valence-electron chi connectivity index (χ3n) is 4.79. The molecule has 2 aliphatic rings. The minimum atomic E-state index is 0.233. The van der Waals surface area contributed by atoms with E-state index in [1.165, 1.54) is 58.7 Å². The second-order valence-corrected chi connectivity index (χ2v) is 5.96. The average Bonchev–Trinajstić information content (AvgIpc) is 2.44. The Morgan fingerprint density at radius 2 is 1.53 bits per heavy atom. The van der Waals surface area contributed by atoms with Crippen LogP contribution in [0.5, 0.6) is 0 Å². The predicted octanol–water partition coefficient (Wildman–Crippen LogP) is 4.02. The summed E-state index contributed by atoms with van der Waals surface area (Å²) < 4.78 is 0. The summed E-state index contributed by atoms with van der Waals surface area (Å²) in [6.07, 6.45) is 6.97. The normalized spacial score (nSPS) is 16.7. The zero-order valence-electron chi connectivity index (χ0n) is 11.4. The molecule has 0 spiro atoms. The Labute approximate surface area is 113 Å². The van der Waals surface area contributed by atoms with Crippen LogP contribution in [0.15, 0.2) is 18.2 Å². The topological polar surface area (TPSA) is 17.1 Å². The van der Waals surface area contributed by atoms with Crippen molar-refractivity contribution in [2.45, 2.75) is 45.4 Å². The van der Waals surface area contributed by atoms with E-state index < -0.39 is 0 Å². The molecule has 0 heterocycles. The van der Waals surface area contributed by atoms with Crippen molar-refractivity contribution in [1.82, 2.24) is 0 Å². The van der Waals surface area contributed by atoms with Crippen molar-refractivity contribution in [2.24, 2.45) is 0 Å². The Morgan fingerprint density at radius 3 is 2.26 bits per heavy atom. The predicted molar refractivity (Wildman–Crippen MR) is 78.0 cm³/mol. The number of aryl methyl sites for hydroxylation is 4. The van der Waals surface area contributed by atoms with Crippen molar-refractivity contribution in [3.63, 3.8) is 0 Å². The van der Waals surface area contributed by atoms with Crippen molar-refractivity contribution < 1.29 is 4.79 Å². The van der Waals surface area contributed by atoms with E-state index in [0.29, 0.717) is 0 Å². The van der Waals surface area contributed by atoms with Gasteiger partial charge < -0.3 is 0 Å². The smallest absolute Gasteiger partial charge is 0.160 e. The van der Waals surface area contributed by atoms with Crippen LogP contribution in [-0.4, -0.2) is 5.78 Å². The van der Waals surface area contributed by atoms with Gasteiger partial charge in [-0.25, -0.2) is 0 Å². The van der Waals surface area contributed by atoms with E-state index >= 15 is 0 Å². The summed E-state index contributed by atoms with van der Waals surface area (Å²) in [7, 11) is 0. The summed E-state index contributed by atoms with van der Waals surface area (Å²) in [6.45, 7) is 1.71. The van der Waals surface area contributed by atoms with E-state index in [-0.39, 0.29) is 5.78 Å². The molecule has 0 bridgehead atoms. The zero-order chi connectivity index (χ0) is 13.0. The second-order valence-electron chi connectivity index (χ2n) is 5.96. The number of carbonyl (C=O) groups is 1. The van der Waals surface area contributed by atoms with Gasteiger partial charge in [0.05, 0.1) is 0 Å². The highest BCUT2D eigenvalue weighted by molar-refractivity contribution is 6.05. The standard InChI is InChI=1S/C18H18O/c1-11(19)16-10-14-6-2-4-12-8-9-13-5-3-7-15(16)18(13)17(12)14/h8-10H,2-7H2,1H3. The maximum Gasteiger partial charge on any atom is 0.160 e. The van der Waals surface area contributed by atoms with Gasteiger partial charge in [-0.2, -0.15) is 0 Å². The number of hydrogen-bond donors (Lipinski definition) is 0. The molecule has 1 heteroatoms. The molecule has 19 heavy (non-hydrogen) atoms. The van der Waals surface area contributed by atoms with Gasteiger partial charge in [-0.15, -0.1) is 0 Å². The van der Waals surface area contributed by atoms with Gasteiger partial charge in [0.2, 0.25) is 0 Å². The van der Waals surface area contributed by atoms with Gasteiger partial charge >= 0.3 is 0 Å². The summed E-state index contributed by atoms with van der Waals surface area (Å²) in [6, 6.07) is 6.82. The van der Waals surface area contributed by atoms with Crippen molar-refractivity contribution >= 4 is 16.6 Å². The summed E-state index contributed by atoms with van der Waals surface area (Å²) in [4.78, 5) is 12.0. The summed E-state index contributed by atoms with van der Waals surface area (Å²) in [5, 5.41) is 2.93. The van der Waals surface area contributed by atoms with Gasteiger partial charge in [0.15, 0.2) is 5.78 Å². The first-order valence-electron chi connectivity index (χ1n) is 7.36. The van der Waals surface area contributed by atoms with E-state index in [9.17, 15) is 4.79 Å². The number of ketones is 1. The van der Waals surface area contributed by atoms with Crippen molar-refractivity contribution in [2.75, 3.05) is 0 Å². The van der Waals surface area contributed by atoms with E-state index in [1.807, 2.05) is 0 Å². The number of benzene rings is 2. The third kappa shape index (κ3) is 1.51. The maximum absolute atomic E-state index is 12.0. The van der Waals surface area contributed by atoms with E-state index in [0.717, 1.165) is 18.4 Å². The molecule has 2 aromatic rings. The fourth-order valence-corrected chi connectivity index (χ4v) is 3.98. The van der Waals surface area contributed by atoms with Gasteiger partial charge in [0, 0.05) is 5.56 Å². The molecule has 0 unspecified atom stereocenters. The molecule has 0 N–H and O–H groups in total. The first kappa shape index (κ1) is 11.2. The van der Waals surface area contributed by atoms with Crippen LogP contribution in [0, 0.1) is 0 Å². The number of rotatable bonds is 1. The lowest BCUT2D eigenvalue weighted by Crippen LogP contribution is -2.12. The van der Waals surface area contributed by atoms with Crippen LogP contribution in [0.25, 0.3) is 10.8 Å². The molecule has 1 nitrogen and oxygen atoms in total. The maximum atomic E-state index is 12.0. The Morgan fingerprint density at radius 1 is 0.895 bits per heavy atom. The lowest BCUT2D eigenvalue weighted by Gasteiger charge is -2.26. The quantitative estimate of drug-likeness (QED) is 0.699. The average molecular weight is 250 g/mol. The van der Waals surface area contributed by atoms with E-state index in [2.05, 4.69) is 18.2 Å². The van der Waals surface area contributed by atoms with Crippen LogP contribution < -0.4 is 0 Å². The Hall–Kier alpha value is -1.63. The Kier molecular flexibility index (Phi) is 2.32. The van der Waals surface area contributed by atoms with Gasteiger partial charge in [-0.3, -0.25) is 4.79 Å². The lowest BCUT2D eigenvalue weighted by atomic mass is 9.78. The second kappa shape index (κ2) is 3.93. The number of carbonyl (C=O) groups excluding carboxylic acids is 1. The van der Waals surface area contributed by atoms with Gasteiger partial charge in [0.1, 0.15) is 0 Å². The molecule has 0 fully saturated rings. The van der Waals surface area contributed by atoms with Crippen LogP contribution in [0.3, 0.4) is 0 Å². The van der Waals surface area contributed by atoms with Gasteiger partial charge in [-0.05, 0) is 84.5 Å². The monoisotopic (exact) mass is 250 g/mol. The lowest BCUT2D eigenvalue weighted by molar-refractivity contribution is 0.101. The Bertz CT molecular complexity index is 709. The van der Waals surface area contributed by atoms with E-state index in [1.54, 1.807) is 6.92 Å². The summed E-state index contributed by atoms with van der Waals surface area (Å²) >= 11 is 0. The third-order valence-corrected chi connectivity index (χ3v) is 4.79.